The molecule has 1 aliphatic rings. The van der Waals surface area contributed by atoms with Crippen LogP contribution in [0.4, 0.5) is 5.82 Å². The van der Waals surface area contributed by atoms with Gasteiger partial charge in [0.05, 0.1) is 12.2 Å². The second-order valence-electron chi connectivity index (χ2n) is 6.64. The Bertz CT molecular complexity index is 958. The van der Waals surface area contributed by atoms with Crippen molar-refractivity contribution in [3.05, 3.63) is 53.4 Å². The van der Waals surface area contributed by atoms with Gasteiger partial charge in [0.1, 0.15) is 23.0 Å². The van der Waals surface area contributed by atoms with Crippen molar-refractivity contribution in [2.45, 2.75) is 33.2 Å². The lowest BCUT2D eigenvalue weighted by Gasteiger charge is -2.17. The van der Waals surface area contributed by atoms with Gasteiger partial charge < -0.3 is 10.2 Å². The molecule has 1 N–H and O–H groups in total. The van der Waals surface area contributed by atoms with Crippen LogP contribution in [0.5, 0.6) is 0 Å². The van der Waals surface area contributed by atoms with Crippen molar-refractivity contribution >= 4 is 17.4 Å². The van der Waals surface area contributed by atoms with Gasteiger partial charge in [0.2, 0.25) is 0 Å². The van der Waals surface area contributed by atoms with E-state index in [1.807, 2.05) is 44.3 Å². The van der Waals surface area contributed by atoms with E-state index in [-0.39, 0.29) is 5.91 Å². The molecule has 1 aliphatic heterocycles. The molecular weight excluding hydrogens is 328 g/mol. The van der Waals surface area contributed by atoms with Crippen molar-refractivity contribution in [1.82, 2.24) is 24.7 Å². The molecule has 7 heteroatoms. The molecule has 0 radical (unpaired) electrons. The third-order valence-corrected chi connectivity index (χ3v) is 4.64. The number of carbonyl (C=O) groups is 1. The van der Waals surface area contributed by atoms with Gasteiger partial charge in [-0.1, -0.05) is 6.07 Å². The van der Waals surface area contributed by atoms with Crippen molar-refractivity contribution in [2.75, 3.05) is 18.0 Å². The first-order chi connectivity index (χ1) is 12.6. The SMILES string of the molecule is Cc1cc(N2CCCC2)nc(CNC(=O)c2c(C)nc3ccccn23)n1. The van der Waals surface area contributed by atoms with Gasteiger partial charge in [-0.3, -0.25) is 9.20 Å². The van der Waals surface area contributed by atoms with Gasteiger partial charge in [-0.25, -0.2) is 15.0 Å². The average molecular weight is 350 g/mol. The summed E-state index contributed by atoms with van der Waals surface area (Å²) in [7, 11) is 0. The number of amides is 1. The van der Waals surface area contributed by atoms with Crippen LogP contribution in [-0.2, 0) is 6.54 Å². The number of fused-ring (bicyclic) bond motifs is 1. The molecule has 0 atom stereocenters. The number of nitrogens with one attached hydrogen (secondary N) is 1. The first-order valence-electron chi connectivity index (χ1n) is 8.93. The molecule has 26 heavy (non-hydrogen) atoms. The van der Waals surface area contributed by atoms with Gasteiger partial charge in [-0.15, -0.1) is 0 Å². The first-order valence-corrected chi connectivity index (χ1v) is 8.93. The van der Waals surface area contributed by atoms with Crippen LogP contribution in [-0.4, -0.2) is 38.3 Å². The summed E-state index contributed by atoms with van der Waals surface area (Å²) >= 11 is 0. The number of imidazole rings is 1. The van der Waals surface area contributed by atoms with Gasteiger partial charge >= 0.3 is 0 Å². The van der Waals surface area contributed by atoms with Crippen molar-refractivity contribution in [3.8, 4) is 0 Å². The highest BCUT2D eigenvalue weighted by molar-refractivity contribution is 5.94. The normalized spacial score (nSPS) is 14.2. The van der Waals surface area contributed by atoms with E-state index in [1.54, 1.807) is 4.40 Å². The van der Waals surface area contributed by atoms with Gasteiger partial charge in [0.25, 0.3) is 5.91 Å². The molecule has 0 saturated carbocycles. The van der Waals surface area contributed by atoms with E-state index < -0.39 is 0 Å². The summed E-state index contributed by atoms with van der Waals surface area (Å²) in [5.41, 5.74) is 2.93. The molecule has 134 valence electrons. The molecule has 4 heterocycles. The summed E-state index contributed by atoms with van der Waals surface area (Å²) in [5, 5.41) is 2.94. The standard InChI is InChI=1S/C19H22N6O/c1-13-11-17(24-8-5-6-9-24)23-15(21-13)12-20-19(26)18-14(2)22-16-7-3-4-10-25(16)18/h3-4,7,10-11H,5-6,8-9,12H2,1-2H3,(H,20,26). The monoisotopic (exact) mass is 350 g/mol. The van der Waals surface area contributed by atoms with Crippen LogP contribution < -0.4 is 10.2 Å². The van der Waals surface area contributed by atoms with Crippen LogP contribution in [0.25, 0.3) is 5.65 Å². The Balaban J connectivity index is 1.53. The van der Waals surface area contributed by atoms with Gasteiger partial charge in [0, 0.05) is 31.0 Å². The highest BCUT2D eigenvalue weighted by Gasteiger charge is 2.18. The summed E-state index contributed by atoms with van der Waals surface area (Å²) in [4.78, 5) is 28.5. The Hall–Kier alpha value is -2.96. The fraction of sp³-hybridized carbons (Fsp3) is 0.368. The Morgan fingerprint density at radius 1 is 1.15 bits per heavy atom. The van der Waals surface area contributed by atoms with E-state index in [4.69, 9.17) is 0 Å². The van der Waals surface area contributed by atoms with Crippen molar-refractivity contribution in [1.29, 1.82) is 0 Å². The summed E-state index contributed by atoms with van der Waals surface area (Å²) < 4.78 is 1.80. The number of carbonyl (C=O) groups excluding carboxylic acids is 1. The minimum Gasteiger partial charge on any atom is -0.357 e. The van der Waals surface area contributed by atoms with E-state index in [9.17, 15) is 4.79 Å². The van der Waals surface area contributed by atoms with Crippen LogP contribution in [0.3, 0.4) is 0 Å². The van der Waals surface area contributed by atoms with Crippen LogP contribution in [0, 0.1) is 13.8 Å². The maximum Gasteiger partial charge on any atom is 0.270 e. The fourth-order valence-corrected chi connectivity index (χ4v) is 3.43. The number of aryl methyl sites for hydroxylation is 2. The Morgan fingerprint density at radius 3 is 2.77 bits per heavy atom. The molecule has 1 fully saturated rings. The molecule has 0 spiro atoms. The van der Waals surface area contributed by atoms with Crippen molar-refractivity contribution < 1.29 is 4.79 Å². The number of hydrogen-bond donors (Lipinski definition) is 1. The third-order valence-electron chi connectivity index (χ3n) is 4.64. The van der Waals surface area contributed by atoms with Crippen LogP contribution >= 0.6 is 0 Å². The molecule has 1 saturated heterocycles. The number of anilines is 1. The lowest BCUT2D eigenvalue weighted by molar-refractivity contribution is 0.0943. The summed E-state index contributed by atoms with van der Waals surface area (Å²) in [6, 6.07) is 7.68. The molecule has 7 nitrogen and oxygen atoms in total. The predicted octanol–water partition coefficient (Wildman–Crippen LogP) is 2.27. The largest absolute Gasteiger partial charge is 0.357 e. The molecule has 3 aromatic heterocycles. The van der Waals surface area contributed by atoms with E-state index in [0.29, 0.717) is 23.8 Å². The highest BCUT2D eigenvalue weighted by atomic mass is 16.1. The average Bonchev–Trinajstić information content (AvgIpc) is 3.26. The van der Waals surface area contributed by atoms with Crippen molar-refractivity contribution in [2.24, 2.45) is 0 Å². The fourth-order valence-electron chi connectivity index (χ4n) is 3.43. The smallest absolute Gasteiger partial charge is 0.270 e. The molecule has 0 aliphatic carbocycles. The Morgan fingerprint density at radius 2 is 1.96 bits per heavy atom. The number of hydrogen-bond acceptors (Lipinski definition) is 5. The topological polar surface area (TPSA) is 75.4 Å². The first kappa shape index (κ1) is 16.5. The zero-order valence-electron chi connectivity index (χ0n) is 15.1. The second-order valence-corrected chi connectivity index (χ2v) is 6.64. The lowest BCUT2D eigenvalue weighted by atomic mass is 10.3. The summed E-state index contributed by atoms with van der Waals surface area (Å²) in [6.07, 6.45) is 4.24. The maximum atomic E-state index is 12.7. The zero-order chi connectivity index (χ0) is 18.1. The predicted molar refractivity (Wildman–Crippen MR) is 99.3 cm³/mol. The number of aromatic nitrogens is 4. The van der Waals surface area contributed by atoms with E-state index in [0.717, 1.165) is 30.2 Å². The quantitative estimate of drug-likeness (QED) is 0.781. The molecule has 0 aromatic carbocycles. The third kappa shape index (κ3) is 3.12. The van der Waals surface area contributed by atoms with E-state index >= 15 is 0 Å². The summed E-state index contributed by atoms with van der Waals surface area (Å²) in [6.45, 7) is 6.16. The number of pyridine rings is 1. The van der Waals surface area contributed by atoms with Gasteiger partial charge in [0.15, 0.2) is 0 Å². The van der Waals surface area contributed by atoms with Crippen LogP contribution in [0.1, 0.15) is 40.5 Å². The maximum absolute atomic E-state index is 12.7. The van der Waals surface area contributed by atoms with E-state index in [2.05, 4.69) is 25.2 Å². The number of rotatable bonds is 4. The lowest BCUT2D eigenvalue weighted by Crippen LogP contribution is -2.27. The second kappa shape index (κ2) is 6.74. The van der Waals surface area contributed by atoms with Crippen LogP contribution in [0.15, 0.2) is 30.5 Å². The van der Waals surface area contributed by atoms with Crippen LogP contribution in [0.2, 0.25) is 0 Å². The molecule has 0 unspecified atom stereocenters. The Labute approximate surface area is 152 Å². The minimum atomic E-state index is -0.172. The van der Waals surface area contributed by atoms with Gasteiger partial charge in [-0.05, 0) is 38.8 Å². The highest BCUT2D eigenvalue weighted by Crippen LogP contribution is 2.18. The molecular formula is C19H22N6O. The molecule has 0 bridgehead atoms. The molecule has 3 aromatic rings. The molecule has 1 amide bonds. The molecule has 4 rings (SSSR count). The van der Waals surface area contributed by atoms with E-state index in [1.165, 1.54) is 12.8 Å². The number of nitrogens with zero attached hydrogens (tertiary/aromatic N) is 5. The summed E-state index contributed by atoms with van der Waals surface area (Å²) in [5.74, 6) is 1.41. The minimum absolute atomic E-state index is 0.172. The zero-order valence-corrected chi connectivity index (χ0v) is 15.1. The Kier molecular flexibility index (Phi) is 4.28. The van der Waals surface area contributed by atoms with Crippen molar-refractivity contribution in [3.63, 3.8) is 0 Å². The van der Waals surface area contributed by atoms with Gasteiger partial charge in [-0.2, -0.15) is 0 Å².